The number of rotatable bonds is 20. The van der Waals surface area contributed by atoms with Gasteiger partial charge in [-0.2, -0.15) is 0 Å². The van der Waals surface area contributed by atoms with Crippen LogP contribution >= 0.6 is 0 Å². The van der Waals surface area contributed by atoms with Crippen molar-refractivity contribution in [3.63, 3.8) is 0 Å². The fraction of sp³-hybridized carbons (Fsp3) is 0.800. The lowest BCUT2D eigenvalue weighted by Gasteiger charge is -2.14. The summed E-state index contributed by atoms with van der Waals surface area (Å²) >= 11 is 0. The van der Waals surface area contributed by atoms with Gasteiger partial charge < -0.3 is 33.2 Å². The minimum absolute atomic E-state index is 0.518. The predicted molar refractivity (Wildman–Crippen MR) is 103 cm³/mol. The molecule has 0 saturated heterocycles. The van der Waals surface area contributed by atoms with E-state index in [4.69, 9.17) is 33.2 Å². The Labute approximate surface area is 163 Å². The summed E-state index contributed by atoms with van der Waals surface area (Å²) in [5.41, 5.74) is 0. The molecule has 27 heavy (non-hydrogen) atoms. The van der Waals surface area contributed by atoms with E-state index in [9.17, 15) is 0 Å². The SMILES string of the molecule is C=COCCOCCOCCOCCOCCOCCOC1=CCCCC1. The molecule has 7 nitrogen and oxygen atoms in total. The van der Waals surface area contributed by atoms with Crippen molar-refractivity contribution < 1.29 is 33.2 Å². The molecule has 158 valence electrons. The molecule has 7 heteroatoms. The molecule has 1 aliphatic rings. The molecule has 1 aliphatic carbocycles. The topological polar surface area (TPSA) is 64.6 Å². The maximum absolute atomic E-state index is 5.66. The van der Waals surface area contributed by atoms with Crippen LogP contribution in [0.15, 0.2) is 24.7 Å². The van der Waals surface area contributed by atoms with E-state index < -0.39 is 0 Å². The van der Waals surface area contributed by atoms with Crippen LogP contribution in [0.5, 0.6) is 0 Å². The maximum Gasteiger partial charge on any atom is 0.111 e. The van der Waals surface area contributed by atoms with Crippen LogP contribution in [0.1, 0.15) is 25.7 Å². The highest BCUT2D eigenvalue weighted by molar-refractivity contribution is 4.96. The second-order valence-corrected chi connectivity index (χ2v) is 5.86. The van der Waals surface area contributed by atoms with Crippen LogP contribution in [0.3, 0.4) is 0 Å². The van der Waals surface area contributed by atoms with Gasteiger partial charge in [0.1, 0.15) is 13.2 Å². The number of ether oxygens (including phenoxy) is 7. The quantitative estimate of drug-likeness (QED) is 0.235. The summed E-state index contributed by atoms with van der Waals surface area (Å²) in [4.78, 5) is 0. The van der Waals surface area contributed by atoms with E-state index in [0.717, 1.165) is 18.6 Å². The molecule has 0 aromatic heterocycles. The van der Waals surface area contributed by atoms with E-state index in [1.807, 2.05) is 0 Å². The van der Waals surface area contributed by atoms with Crippen LogP contribution in [-0.4, -0.2) is 79.3 Å². The highest BCUT2D eigenvalue weighted by atomic mass is 16.6. The van der Waals surface area contributed by atoms with Gasteiger partial charge >= 0.3 is 0 Å². The average molecular weight is 389 g/mol. The van der Waals surface area contributed by atoms with E-state index in [1.54, 1.807) is 0 Å². The summed E-state index contributed by atoms with van der Waals surface area (Å²) in [5.74, 6) is 1.12. The third-order valence-corrected chi connectivity index (χ3v) is 3.72. The van der Waals surface area contributed by atoms with E-state index >= 15 is 0 Å². The highest BCUT2D eigenvalue weighted by Crippen LogP contribution is 2.17. The highest BCUT2D eigenvalue weighted by Gasteiger charge is 2.03. The fourth-order valence-corrected chi connectivity index (χ4v) is 2.34. The monoisotopic (exact) mass is 388 g/mol. The van der Waals surface area contributed by atoms with Crippen molar-refractivity contribution in [2.75, 3.05) is 79.3 Å². The van der Waals surface area contributed by atoms with Crippen LogP contribution in [-0.2, 0) is 33.2 Å². The Morgan fingerprint density at radius 2 is 1.15 bits per heavy atom. The first kappa shape index (κ1) is 23.9. The van der Waals surface area contributed by atoms with Crippen molar-refractivity contribution >= 4 is 0 Å². The molecule has 0 bridgehead atoms. The molecule has 0 spiro atoms. The number of hydrogen-bond acceptors (Lipinski definition) is 7. The van der Waals surface area contributed by atoms with Gasteiger partial charge in [0.25, 0.3) is 0 Å². The van der Waals surface area contributed by atoms with E-state index in [0.29, 0.717) is 79.3 Å². The minimum Gasteiger partial charge on any atom is -0.499 e. The van der Waals surface area contributed by atoms with Crippen LogP contribution in [0.25, 0.3) is 0 Å². The molecule has 0 amide bonds. The normalized spacial score (nSPS) is 14.0. The second-order valence-electron chi connectivity index (χ2n) is 5.86. The van der Waals surface area contributed by atoms with Gasteiger partial charge in [-0.15, -0.1) is 0 Å². The lowest BCUT2D eigenvalue weighted by atomic mass is 10.1. The molecule has 0 atom stereocenters. The minimum atomic E-state index is 0.518. The van der Waals surface area contributed by atoms with Crippen LogP contribution in [0.2, 0.25) is 0 Å². The van der Waals surface area contributed by atoms with Gasteiger partial charge in [-0.05, 0) is 25.3 Å². The summed E-state index contributed by atoms with van der Waals surface area (Å²) in [7, 11) is 0. The zero-order valence-electron chi connectivity index (χ0n) is 16.5. The Bertz CT molecular complexity index is 360. The Hall–Kier alpha value is -1.12. The van der Waals surface area contributed by atoms with Gasteiger partial charge in [0.15, 0.2) is 0 Å². The summed E-state index contributed by atoms with van der Waals surface area (Å²) in [6.07, 6.45) is 8.30. The summed E-state index contributed by atoms with van der Waals surface area (Å²) in [5, 5.41) is 0. The Morgan fingerprint density at radius 1 is 0.667 bits per heavy atom. The van der Waals surface area contributed by atoms with Crippen LogP contribution in [0, 0.1) is 0 Å². The van der Waals surface area contributed by atoms with Gasteiger partial charge in [0, 0.05) is 6.42 Å². The Balaban J connectivity index is 1.66. The molecular formula is C20H36O7. The molecule has 0 saturated carbocycles. The maximum atomic E-state index is 5.66. The third-order valence-electron chi connectivity index (χ3n) is 3.72. The first-order valence-electron chi connectivity index (χ1n) is 9.86. The smallest absolute Gasteiger partial charge is 0.111 e. The molecule has 0 aromatic rings. The number of allylic oxidation sites excluding steroid dienone is 2. The zero-order chi connectivity index (χ0) is 19.3. The van der Waals surface area contributed by atoms with Crippen molar-refractivity contribution in [2.45, 2.75) is 25.7 Å². The molecule has 1 rings (SSSR count). The largest absolute Gasteiger partial charge is 0.499 e. The van der Waals surface area contributed by atoms with Crippen molar-refractivity contribution in [1.82, 2.24) is 0 Å². The first-order chi connectivity index (χ1) is 13.4. The van der Waals surface area contributed by atoms with Gasteiger partial charge in [-0.1, -0.05) is 6.58 Å². The molecule has 0 heterocycles. The predicted octanol–water partition coefficient (Wildman–Crippen LogP) is 2.70. The second kappa shape index (κ2) is 19.6. The third kappa shape index (κ3) is 16.8. The fourth-order valence-electron chi connectivity index (χ4n) is 2.34. The van der Waals surface area contributed by atoms with Gasteiger partial charge in [-0.3, -0.25) is 0 Å². The van der Waals surface area contributed by atoms with Crippen molar-refractivity contribution in [1.29, 1.82) is 0 Å². The van der Waals surface area contributed by atoms with Gasteiger partial charge in [0.05, 0.1) is 78.1 Å². The van der Waals surface area contributed by atoms with Gasteiger partial charge in [0.2, 0.25) is 0 Å². The molecule has 0 N–H and O–H groups in total. The molecule has 0 aliphatic heterocycles. The molecule has 0 unspecified atom stereocenters. The summed E-state index contributed by atoms with van der Waals surface area (Å²) in [6, 6.07) is 0. The first-order valence-corrected chi connectivity index (χ1v) is 9.86. The Morgan fingerprint density at radius 3 is 1.59 bits per heavy atom. The summed E-state index contributed by atoms with van der Waals surface area (Å²) in [6.45, 7) is 10.2. The number of hydrogen-bond donors (Lipinski definition) is 0. The van der Waals surface area contributed by atoms with Crippen LogP contribution < -0.4 is 0 Å². The lowest BCUT2D eigenvalue weighted by Crippen LogP contribution is -2.14. The van der Waals surface area contributed by atoms with E-state index in [2.05, 4.69) is 12.7 Å². The van der Waals surface area contributed by atoms with Gasteiger partial charge in [-0.25, -0.2) is 0 Å². The Kier molecular flexibility index (Phi) is 17.4. The summed E-state index contributed by atoms with van der Waals surface area (Å²) < 4.78 is 37.6. The lowest BCUT2D eigenvalue weighted by molar-refractivity contribution is -0.0164. The van der Waals surface area contributed by atoms with Crippen molar-refractivity contribution in [3.05, 3.63) is 24.7 Å². The molecule has 0 fully saturated rings. The zero-order valence-corrected chi connectivity index (χ0v) is 16.5. The van der Waals surface area contributed by atoms with Crippen molar-refractivity contribution in [3.8, 4) is 0 Å². The van der Waals surface area contributed by atoms with E-state index in [-0.39, 0.29) is 0 Å². The van der Waals surface area contributed by atoms with E-state index in [1.165, 1.54) is 19.1 Å². The molecule has 0 radical (unpaired) electrons. The molecular weight excluding hydrogens is 352 g/mol. The van der Waals surface area contributed by atoms with Crippen molar-refractivity contribution in [2.24, 2.45) is 0 Å². The standard InChI is InChI=1S/C20H36O7/c1-2-21-8-9-22-10-11-23-12-13-24-14-15-25-16-17-26-18-19-27-20-6-4-3-5-7-20/h2,6H,1,3-5,7-19H2. The van der Waals surface area contributed by atoms with Crippen LogP contribution in [0.4, 0.5) is 0 Å². The average Bonchev–Trinajstić information content (AvgIpc) is 2.70. The molecule has 0 aromatic carbocycles.